The number of nitrogens with one attached hydrogen (secondary N) is 1. The lowest BCUT2D eigenvalue weighted by atomic mass is 10.1. The molecule has 2 heterocycles. The molecule has 1 saturated heterocycles. The molecule has 0 bridgehead atoms. The fourth-order valence-corrected chi connectivity index (χ4v) is 3.77. The second kappa shape index (κ2) is 5.98. The Morgan fingerprint density at radius 1 is 1.47 bits per heavy atom. The van der Waals surface area contributed by atoms with Gasteiger partial charge in [-0.3, -0.25) is 4.90 Å². The molecule has 2 nitrogen and oxygen atoms in total. The Kier molecular flexibility index (Phi) is 4.60. The summed E-state index contributed by atoms with van der Waals surface area (Å²) in [5.74, 6) is 0. The number of hydrogen-bond donors (Lipinski definition) is 1. The zero-order valence-electron chi connectivity index (χ0n) is 11.2. The van der Waals surface area contributed by atoms with Crippen LogP contribution in [0.4, 0.5) is 0 Å². The van der Waals surface area contributed by atoms with Crippen LogP contribution in [-0.4, -0.2) is 30.6 Å². The topological polar surface area (TPSA) is 15.3 Å². The largest absolute Gasteiger partial charge is 0.315 e. The van der Waals surface area contributed by atoms with Gasteiger partial charge in [-0.2, -0.15) is 0 Å². The lowest BCUT2D eigenvalue weighted by molar-refractivity contribution is 0.165. The summed E-state index contributed by atoms with van der Waals surface area (Å²) in [5.41, 5.74) is 0. The van der Waals surface area contributed by atoms with Gasteiger partial charge in [-0.05, 0) is 45.0 Å². The standard InChI is InChI=1S/C14H24N2S/c1-4-13-6-7-14(17-13)11(3)16(5-2)12-8-9-15-10-12/h6-7,11-12,15H,4-5,8-10H2,1-3H3. The monoisotopic (exact) mass is 252 g/mol. The van der Waals surface area contributed by atoms with Gasteiger partial charge in [0.25, 0.3) is 0 Å². The lowest BCUT2D eigenvalue weighted by Crippen LogP contribution is -2.38. The van der Waals surface area contributed by atoms with Crippen LogP contribution in [0.5, 0.6) is 0 Å². The minimum Gasteiger partial charge on any atom is -0.315 e. The number of likely N-dealkylation sites (N-methyl/N-ethyl adjacent to an activating group) is 1. The molecular weight excluding hydrogens is 228 g/mol. The highest BCUT2D eigenvalue weighted by Crippen LogP contribution is 2.30. The Hall–Kier alpha value is -0.380. The van der Waals surface area contributed by atoms with E-state index in [0.717, 1.165) is 25.6 Å². The third kappa shape index (κ3) is 2.90. The molecule has 1 fully saturated rings. The highest BCUT2D eigenvalue weighted by molar-refractivity contribution is 7.12. The van der Waals surface area contributed by atoms with E-state index in [1.165, 1.54) is 22.7 Å². The average molecular weight is 252 g/mol. The van der Waals surface area contributed by atoms with E-state index in [4.69, 9.17) is 0 Å². The molecule has 1 aliphatic heterocycles. The molecule has 0 saturated carbocycles. The van der Waals surface area contributed by atoms with Gasteiger partial charge in [-0.15, -0.1) is 11.3 Å². The minimum atomic E-state index is 0.565. The Labute approximate surface area is 109 Å². The molecule has 3 heteroatoms. The summed E-state index contributed by atoms with van der Waals surface area (Å²) >= 11 is 1.98. The summed E-state index contributed by atoms with van der Waals surface area (Å²) in [6.45, 7) is 10.4. The van der Waals surface area contributed by atoms with Gasteiger partial charge in [0.15, 0.2) is 0 Å². The molecule has 0 amide bonds. The molecule has 1 aliphatic rings. The van der Waals surface area contributed by atoms with E-state index in [1.54, 1.807) is 0 Å². The fourth-order valence-electron chi connectivity index (χ4n) is 2.74. The van der Waals surface area contributed by atoms with E-state index in [2.05, 4.69) is 43.1 Å². The first-order valence-corrected chi connectivity index (χ1v) is 7.63. The molecule has 0 spiro atoms. The second-order valence-electron chi connectivity index (χ2n) is 4.81. The van der Waals surface area contributed by atoms with Crippen LogP contribution in [0, 0.1) is 0 Å². The minimum absolute atomic E-state index is 0.565. The van der Waals surface area contributed by atoms with Gasteiger partial charge < -0.3 is 5.32 Å². The summed E-state index contributed by atoms with van der Waals surface area (Å²) < 4.78 is 0. The van der Waals surface area contributed by atoms with E-state index in [0.29, 0.717) is 6.04 Å². The molecular formula is C14H24N2S. The van der Waals surface area contributed by atoms with E-state index in [9.17, 15) is 0 Å². The SMILES string of the molecule is CCc1ccc(C(C)N(CC)C2CCNC2)s1. The van der Waals surface area contributed by atoms with Gasteiger partial charge in [-0.25, -0.2) is 0 Å². The van der Waals surface area contributed by atoms with Crippen LogP contribution in [0.1, 0.15) is 43.0 Å². The summed E-state index contributed by atoms with van der Waals surface area (Å²) in [5, 5.41) is 3.47. The first kappa shape index (κ1) is 13.1. The predicted molar refractivity (Wildman–Crippen MR) is 75.8 cm³/mol. The van der Waals surface area contributed by atoms with Crippen molar-refractivity contribution in [3.05, 3.63) is 21.9 Å². The van der Waals surface area contributed by atoms with Gasteiger partial charge in [-0.1, -0.05) is 13.8 Å². The van der Waals surface area contributed by atoms with E-state index in [1.807, 2.05) is 11.3 Å². The van der Waals surface area contributed by atoms with Crippen molar-refractivity contribution in [2.45, 2.75) is 45.7 Å². The molecule has 96 valence electrons. The van der Waals surface area contributed by atoms with Gasteiger partial charge in [0, 0.05) is 28.4 Å². The highest BCUT2D eigenvalue weighted by atomic mass is 32.1. The van der Waals surface area contributed by atoms with Crippen molar-refractivity contribution in [2.24, 2.45) is 0 Å². The van der Waals surface area contributed by atoms with Crippen LogP contribution in [0.15, 0.2) is 12.1 Å². The predicted octanol–water partition coefficient (Wildman–Crippen LogP) is 3.06. The first-order valence-electron chi connectivity index (χ1n) is 6.81. The van der Waals surface area contributed by atoms with Gasteiger partial charge in [0.2, 0.25) is 0 Å². The van der Waals surface area contributed by atoms with Crippen molar-refractivity contribution < 1.29 is 0 Å². The molecule has 1 N–H and O–H groups in total. The van der Waals surface area contributed by atoms with Crippen LogP contribution in [0.2, 0.25) is 0 Å². The molecule has 2 atom stereocenters. The summed E-state index contributed by atoms with van der Waals surface area (Å²) in [6, 6.07) is 5.90. The van der Waals surface area contributed by atoms with Crippen molar-refractivity contribution in [3.63, 3.8) is 0 Å². The highest BCUT2D eigenvalue weighted by Gasteiger charge is 2.26. The average Bonchev–Trinajstić information content (AvgIpc) is 3.00. The third-order valence-electron chi connectivity index (χ3n) is 3.81. The van der Waals surface area contributed by atoms with Crippen LogP contribution < -0.4 is 5.32 Å². The van der Waals surface area contributed by atoms with Gasteiger partial charge >= 0.3 is 0 Å². The maximum atomic E-state index is 3.47. The van der Waals surface area contributed by atoms with Gasteiger partial charge in [0.05, 0.1) is 0 Å². The summed E-state index contributed by atoms with van der Waals surface area (Å²) in [4.78, 5) is 5.67. The first-order chi connectivity index (χ1) is 8.26. The van der Waals surface area contributed by atoms with E-state index in [-0.39, 0.29) is 0 Å². The fraction of sp³-hybridized carbons (Fsp3) is 0.714. The third-order valence-corrected chi connectivity index (χ3v) is 5.21. The molecule has 17 heavy (non-hydrogen) atoms. The Balaban J connectivity index is 2.07. The number of thiophene rings is 1. The van der Waals surface area contributed by atoms with Crippen LogP contribution in [0.25, 0.3) is 0 Å². The maximum Gasteiger partial charge on any atom is 0.0416 e. The Morgan fingerprint density at radius 3 is 2.82 bits per heavy atom. The second-order valence-corrected chi connectivity index (χ2v) is 6.01. The Morgan fingerprint density at radius 2 is 2.29 bits per heavy atom. The zero-order valence-corrected chi connectivity index (χ0v) is 12.0. The Bertz CT molecular complexity index is 342. The van der Waals surface area contributed by atoms with Crippen LogP contribution in [-0.2, 0) is 6.42 Å². The normalized spacial score (nSPS) is 22.2. The molecule has 2 rings (SSSR count). The molecule has 0 radical (unpaired) electrons. The number of rotatable bonds is 5. The molecule has 1 aromatic rings. The van der Waals surface area contributed by atoms with E-state index >= 15 is 0 Å². The number of nitrogens with zero attached hydrogens (tertiary/aromatic N) is 1. The van der Waals surface area contributed by atoms with Gasteiger partial charge in [0.1, 0.15) is 0 Å². The van der Waals surface area contributed by atoms with Crippen molar-refractivity contribution >= 4 is 11.3 Å². The quantitative estimate of drug-likeness (QED) is 0.866. The van der Waals surface area contributed by atoms with Crippen molar-refractivity contribution in [3.8, 4) is 0 Å². The summed E-state index contributed by atoms with van der Waals surface area (Å²) in [6.07, 6.45) is 2.46. The summed E-state index contributed by atoms with van der Waals surface area (Å²) in [7, 11) is 0. The maximum absolute atomic E-state index is 3.47. The molecule has 2 unspecified atom stereocenters. The number of hydrogen-bond acceptors (Lipinski definition) is 3. The van der Waals surface area contributed by atoms with Crippen molar-refractivity contribution in [2.75, 3.05) is 19.6 Å². The zero-order chi connectivity index (χ0) is 12.3. The lowest BCUT2D eigenvalue weighted by Gasteiger charge is -2.32. The number of aryl methyl sites for hydroxylation is 1. The smallest absolute Gasteiger partial charge is 0.0416 e. The molecule has 0 aliphatic carbocycles. The molecule has 0 aromatic carbocycles. The van der Waals surface area contributed by atoms with Crippen molar-refractivity contribution in [1.29, 1.82) is 0 Å². The van der Waals surface area contributed by atoms with Crippen LogP contribution in [0.3, 0.4) is 0 Å². The van der Waals surface area contributed by atoms with Crippen LogP contribution >= 0.6 is 11.3 Å². The van der Waals surface area contributed by atoms with Crippen molar-refractivity contribution in [1.82, 2.24) is 10.2 Å². The van der Waals surface area contributed by atoms with E-state index < -0.39 is 0 Å². The molecule has 1 aromatic heterocycles.